The molecule has 37 heavy (non-hydrogen) atoms. The molecule has 1 amide bonds. The van der Waals surface area contributed by atoms with E-state index in [1.165, 1.54) is 6.07 Å². The Morgan fingerprint density at radius 2 is 1.86 bits per heavy atom. The normalized spacial score (nSPS) is 12.0. The number of nitro benzene ring substituents is 1. The largest absolute Gasteiger partial charge is 0.348 e. The smallest absolute Gasteiger partial charge is 0.287 e. The number of benzene rings is 3. The number of halogens is 1. The van der Waals surface area contributed by atoms with Crippen LogP contribution in [0, 0.1) is 22.9 Å². The SMILES string of the molecule is Cc1ccc(-c2ccc3nc(C(=O)NC[C@@H](N)CCCN)n(Cc4cc([N+](=O)[O-])ccc4F)c3c2)cc1. The molecule has 0 radical (unpaired) electrons. The van der Waals surface area contributed by atoms with Gasteiger partial charge in [-0.05, 0) is 55.6 Å². The molecule has 192 valence electrons. The summed E-state index contributed by atoms with van der Waals surface area (Å²) in [5.74, 6) is -1.02. The first kappa shape index (κ1) is 25.9. The van der Waals surface area contributed by atoms with Crippen LogP contribution in [0.3, 0.4) is 0 Å². The second-order valence-electron chi connectivity index (χ2n) is 9.02. The molecule has 9 nitrogen and oxygen atoms in total. The Morgan fingerprint density at radius 1 is 1.14 bits per heavy atom. The maximum atomic E-state index is 14.7. The molecule has 10 heteroatoms. The molecule has 0 unspecified atom stereocenters. The maximum absolute atomic E-state index is 14.7. The van der Waals surface area contributed by atoms with E-state index >= 15 is 0 Å². The number of nitrogens with one attached hydrogen (secondary N) is 1. The van der Waals surface area contributed by atoms with Crippen LogP contribution in [0.4, 0.5) is 10.1 Å². The number of amides is 1. The van der Waals surface area contributed by atoms with E-state index in [2.05, 4.69) is 10.3 Å². The molecule has 0 fully saturated rings. The highest BCUT2D eigenvalue weighted by molar-refractivity contribution is 5.95. The van der Waals surface area contributed by atoms with Crippen LogP contribution in [0.25, 0.3) is 22.2 Å². The van der Waals surface area contributed by atoms with Gasteiger partial charge in [0.15, 0.2) is 5.82 Å². The van der Waals surface area contributed by atoms with Gasteiger partial charge < -0.3 is 21.4 Å². The summed E-state index contributed by atoms with van der Waals surface area (Å²) in [6.45, 7) is 2.61. The predicted octanol–water partition coefficient (Wildman–Crippen LogP) is 3.90. The van der Waals surface area contributed by atoms with Crippen LogP contribution in [0.2, 0.25) is 0 Å². The number of aryl methyl sites for hydroxylation is 1. The summed E-state index contributed by atoms with van der Waals surface area (Å²) in [6, 6.07) is 16.6. The highest BCUT2D eigenvalue weighted by atomic mass is 19.1. The van der Waals surface area contributed by atoms with Crippen molar-refractivity contribution in [3.8, 4) is 11.1 Å². The molecule has 3 aromatic carbocycles. The summed E-state index contributed by atoms with van der Waals surface area (Å²) in [4.78, 5) is 28.4. The molecule has 1 heterocycles. The Kier molecular flexibility index (Phi) is 7.90. The summed E-state index contributed by atoms with van der Waals surface area (Å²) in [5, 5.41) is 14.1. The molecule has 0 bridgehead atoms. The van der Waals surface area contributed by atoms with Crippen molar-refractivity contribution >= 4 is 22.6 Å². The molecule has 0 saturated heterocycles. The number of fused-ring (bicyclic) bond motifs is 1. The van der Waals surface area contributed by atoms with Gasteiger partial charge in [0.2, 0.25) is 0 Å². The number of imidazole rings is 1. The number of nitrogens with two attached hydrogens (primary N) is 2. The van der Waals surface area contributed by atoms with Gasteiger partial charge in [-0.3, -0.25) is 14.9 Å². The van der Waals surface area contributed by atoms with Crippen LogP contribution in [0.5, 0.6) is 0 Å². The molecule has 1 aromatic heterocycles. The monoisotopic (exact) mass is 504 g/mol. The topological polar surface area (TPSA) is 142 Å². The number of carbonyl (C=O) groups excluding carboxylic acids is 1. The number of hydrogen-bond donors (Lipinski definition) is 3. The Morgan fingerprint density at radius 3 is 2.57 bits per heavy atom. The zero-order chi connectivity index (χ0) is 26.5. The number of aromatic nitrogens is 2. The van der Waals surface area contributed by atoms with Gasteiger partial charge in [0.1, 0.15) is 5.82 Å². The third kappa shape index (κ3) is 5.99. The van der Waals surface area contributed by atoms with Gasteiger partial charge in [-0.25, -0.2) is 9.37 Å². The second kappa shape index (κ2) is 11.3. The Balaban J connectivity index is 1.76. The molecule has 0 aliphatic carbocycles. The van der Waals surface area contributed by atoms with Crippen molar-refractivity contribution in [1.29, 1.82) is 0 Å². The minimum Gasteiger partial charge on any atom is -0.348 e. The zero-order valence-electron chi connectivity index (χ0n) is 20.5. The van der Waals surface area contributed by atoms with Crippen LogP contribution in [0.15, 0.2) is 60.7 Å². The molecule has 0 aliphatic rings. The average molecular weight is 505 g/mol. The second-order valence-corrected chi connectivity index (χ2v) is 9.02. The van der Waals surface area contributed by atoms with Crippen LogP contribution in [-0.4, -0.2) is 39.5 Å². The number of nitro groups is 1. The highest BCUT2D eigenvalue weighted by Crippen LogP contribution is 2.27. The lowest BCUT2D eigenvalue weighted by Crippen LogP contribution is -2.38. The summed E-state index contributed by atoms with van der Waals surface area (Å²) >= 11 is 0. The third-order valence-corrected chi connectivity index (χ3v) is 6.21. The minimum absolute atomic E-state index is 0.0630. The summed E-state index contributed by atoms with van der Waals surface area (Å²) in [6.07, 6.45) is 1.40. The molecular formula is C27H29FN6O3. The van der Waals surface area contributed by atoms with Crippen molar-refractivity contribution in [3.63, 3.8) is 0 Å². The van der Waals surface area contributed by atoms with Crippen LogP contribution >= 0.6 is 0 Å². The van der Waals surface area contributed by atoms with Crippen molar-refractivity contribution < 1.29 is 14.1 Å². The minimum atomic E-state index is -0.614. The van der Waals surface area contributed by atoms with E-state index in [1.54, 1.807) is 10.6 Å². The van der Waals surface area contributed by atoms with E-state index in [0.29, 0.717) is 24.0 Å². The molecule has 0 aliphatic heterocycles. The molecule has 5 N–H and O–H groups in total. The summed E-state index contributed by atoms with van der Waals surface area (Å²) in [5.41, 5.74) is 15.6. The van der Waals surface area contributed by atoms with Gasteiger partial charge in [0, 0.05) is 30.3 Å². The predicted molar refractivity (Wildman–Crippen MR) is 141 cm³/mol. The first-order valence-electron chi connectivity index (χ1n) is 12.0. The Hall–Kier alpha value is -4.15. The Labute approximate surface area is 213 Å². The fourth-order valence-corrected chi connectivity index (χ4v) is 4.13. The van der Waals surface area contributed by atoms with E-state index in [-0.39, 0.29) is 36.2 Å². The lowest BCUT2D eigenvalue weighted by molar-refractivity contribution is -0.385. The van der Waals surface area contributed by atoms with Crippen molar-refractivity contribution in [2.75, 3.05) is 13.1 Å². The fourth-order valence-electron chi connectivity index (χ4n) is 4.13. The molecule has 1 atom stereocenters. The number of carbonyl (C=O) groups is 1. The van der Waals surface area contributed by atoms with Gasteiger partial charge in [-0.15, -0.1) is 0 Å². The van der Waals surface area contributed by atoms with Crippen molar-refractivity contribution in [1.82, 2.24) is 14.9 Å². The van der Waals surface area contributed by atoms with Gasteiger partial charge in [0.05, 0.1) is 22.5 Å². The first-order valence-corrected chi connectivity index (χ1v) is 12.0. The first-order chi connectivity index (χ1) is 17.8. The van der Waals surface area contributed by atoms with Crippen molar-refractivity contribution in [2.45, 2.75) is 32.4 Å². The van der Waals surface area contributed by atoms with Gasteiger partial charge in [0.25, 0.3) is 11.6 Å². The molecule has 4 rings (SSSR count). The van der Waals surface area contributed by atoms with Crippen molar-refractivity contribution in [2.24, 2.45) is 11.5 Å². The van der Waals surface area contributed by atoms with Gasteiger partial charge in [-0.2, -0.15) is 0 Å². The summed E-state index contributed by atoms with van der Waals surface area (Å²) < 4.78 is 16.3. The van der Waals surface area contributed by atoms with E-state index < -0.39 is 16.6 Å². The summed E-state index contributed by atoms with van der Waals surface area (Å²) in [7, 11) is 0. The number of nitrogens with zero attached hydrogens (tertiary/aromatic N) is 3. The van der Waals surface area contributed by atoms with Crippen LogP contribution in [0.1, 0.15) is 34.6 Å². The number of hydrogen-bond acceptors (Lipinski definition) is 6. The van der Waals surface area contributed by atoms with E-state index in [4.69, 9.17) is 11.5 Å². The zero-order valence-corrected chi connectivity index (χ0v) is 20.5. The highest BCUT2D eigenvalue weighted by Gasteiger charge is 2.21. The molecule has 4 aromatic rings. The average Bonchev–Trinajstić information content (AvgIpc) is 3.25. The number of rotatable bonds is 10. The van der Waals surface area contributed by atoms with Crippen LogP contribution in [-0.2, 0) is 6.54 Å². The van der Waals surface area contributed by atoms with Gasteiger partial charge in [-0.1, -0.05) is 35.9 Å². The lowest BCUT2D eigenvalue weighted by atomic mass is 10.0. The molecule has 0 spiro atoms. The van der Waals surface area contributed by atoms with E-state index in [1.807, 2.05) is 43.3 Å². The third-order valence-electron chi connectivity index (χ3n) is 6.21. The molecular weight excluding hydrogens is 475 g/mol. The molecule has 0 saturated carbocycles. The Bertz CT molecular complexity index is 1430. The van der Waals surface area contributed by atoms with E-state index in [0.717, 1.165) is 35.2 Å². The van der Waals surface area contributed by atoms with E-state index in [9.17, 15) is 19.3 Å². The maximum Gasteiger partial charge on any atom is 0.287 e. The fraction of sp³-hybridized carbons (Fsp3) is 0.259. The van der Waals surface area contributed by atoms with Crippen molar-refractivity contribution in [3.05, 3.63) is 93.5 Å². The van der Waals surface area contributed by atoms with Gasteiger partial charge >= 0.3 is 0 Å². The van der Waals surface area contributed by atoms with Crippen LogP contribution < -0.4 is 16.8 Å². The lowest BCUT2D eigenvalue weighted by Gasteiger charge is -2.14. The standard InChI is InChI=1S/C27H29FN6O3/c1-17-4-6-18(7-5-17)19-8-11-24-25(14-19)33(16-20-13-22(34(36)37)9-10-23(20)28)26(32-24)27(35)31-15-21(30)3-2-12-29/h4-11,13-14,21H,2-3,12,15-16,29-30H2,1H3,(H,31,35)/t21-/m0/s1. The quantitative estimate of drug-likeness (QED) is 0.221. The number of non-ortho nitro benzene ring substituents is 1.